The predicted molar refractivity (Wildman–Crippen MR) is 66.6 cm³/mol. The second kappa shape index (κ2) is 5.66. The van der Waals surface area contributed by atoms with Crippen molar-refractivity contribution in [3.63, 3.8) is 0 Å². The van der Waals surface area contributed by atoms with E-state index in [0.29, 0.717) is 12.6 Å². The van der Waals surface area contributed by atoms with E-state index in [1.165, 1.54) is 12.8 Å². The lowest BCUT2D eigenvalue weighted by Gasteiger charge is -2.11. The van der Waals surface area contributed by atoms with E-state index < -0.39 is 0 Å². The van der Waals surface area contributed by atoms with Gasteiger partial charge in [0.1, 0.15) is 5.03 Å². The SMILES string of the molecule is Cc1ccc(CN)c(SCC2CCCO2)n1. The second-order valence-corrected chi connectivity index (χ2v) is 5.08. The van der Waals surface area contributed by atoms with Crippen molar-refractivity contribution in [2.45, 2.75) is 37.4 Å². The molecule has 1 aliphatic heterocycles. The molecular weight excluding hydrogens is 220 g/mol. The van der Waals surface area contributed by atoms with Crippen LogP contribution in [0.2, 0.25) is 0 Å². The van der Waals surface area contributed by atoms with Crippen molar-refractivity contribution in [1.82, 2.24) is 4.98 Å². The number of pyridine rings is 1. The number of hydrogen-bond acceptors (Lipinski definition) is 4. The Hall–Kier alpha value is -0.580. The van der Waals surface area contributed by atoms with Gasteiger partial charge in [0.15, 0.2) is 0 Å². The van der Waals surface area contributed by atoms with Gasteiger partial charge in [-0.15, -0.1) is 11.8 Å². The fourth-order valence-electron chi connectivity index (χ4n) is 1.79. The Morgan fingerprint density at radius 1 is 1.56 bits per heavy atom. The molecule has 2 heterocycles. The first-order chi connectivity index (χ1) is 7.79. The van der Waals surface area contributed by atoms with Crippen LogP contribution in [0, 0.1) is 6.92 Å². The van der Waals surface area contributed by atoms with Gasteiger partial charge < -0.3 is 10.5 Å². The zero-order valence-electron chi connectivity index (χ0n) is 9.61. The number of ether oxygens (including phenoxy) is 1. The molecule has 88 valence electrons. The summed E-state index contributed by atoms with van der Waals surface area (Å²) in [5.41, 5.74) is 7.88. The quantitative estimate of drug-likeness (QED) is 0.816. The average molecular weight is 238 g/mol. The number of aryl methyl sites for hydroxylation is 1. The van der Waals surface area contributed by atoms with Crippen molar-refractivity contribution in [2.24, 2.45) is 5.73 Å². The van der Waals surface area contributed by atoms with Gasteiger partial charge in [0, 0.05) is 24.6 Å². The third kappa shape index (κ3) is 2.97. The average Bonchev–Trinajstić information content (AvgIpc) is 2.79. The molecule has 1 aromatic heterocycles. The van der Waals surface area contributed by atoms with E-state index in [2.05, 4.69) is 11.1 Å². The molecule has 0 radical (unpaired) electrons. The van der Waals surface area contributed by atoms with Gasteiger partial charge in [-0.25, -0.2) is 4.98 Å². The molecule has 0 bridgehead atoms. The first-order valence-corrected chi connectivity index (χ1v) is 6.69. The van der Waals surface area contributed by atoms with Crippen molar-refractivity contribution < 1.29 is 4.74 Å². The molecule has 0 amide bonds. The van der Waals surface area contributed by atoms with Gasteiger partial charge in [0.2, 0.25) is 0 Å². The molecular formula is C12H18N2OS. The molecule has 2 rings (SSSR count). The maximum atomic E-state index is 5.70. The van der Waals surface area contributed by atoms with Gasteiger partial charge in [0.05, 0.1) is 6.10 Å². The summed E-state index contributed by atoms with van der Waals surface area (Å²) in [6.45, 7) is 3.48. The minimum Gasteiger partial charge on any atom is -0.377 e. The number of thioether (sulfide) groups is 1. The Labute approximate surface area is 101 Å². The van der Waals surface area contributed by atoms with Crippen LogP contribution in [0.15, 0.2) is 17.2 Å². The molecule has 1 saturated heterocycles. The monoisotopic (exact) mass is 238 g/mol. The largest absolute Gasteiger partial charge is 0.377 e. The van der Waals surface area contributed by atoms with Crippen molar-refractivity contribution in [2.75, 3.05) is 12.4 Å². The van der Waals surface area contributed by atoms with Crippen LogP contribution in [0.4, 0.5) is 0 Å². The molecule has 1 fully saturated rings. The van der Waals surface area contributed by atoms with Crippen LogP contribution in [0.5, 0.6) is 0 Å². The molecule has 0 spiro atoms. The number of nitrogens with two attached hydrogens (primary N) is 1. The highest BCUT2D eigenvalue weighted by Crippen LogP contribution is 2.25. The normalized spacial score (nSPS) is 20.2. The van der Waals surface area contributed by atoms with Gasteiger partial charge in [0.25, 0.3) is 0 Å². The van der Waals surface area contributed by atoms with Crippen molar-refractivity contribution >= 4 is 11.8 Å². The van der Waals surface area contributed by atoms with Gasteiger partial charge in [-0.3, -0.25) is 0 Å². The lowest BCUT2D eigenvalue weighted by molar-refractivity contribution is 0.129. The van der Waals surface area contributed by atoms with Crippen LogP contribution in [0.1, 0.15) is 24.1 Å². The molecule has 2 N–H and O–H groups in total. The minimum absolute atomic E-state index is 0.401. The summed E-state index contributed by atoms with van der Waals surface area (Å²) in [6, 6.07) is 4.08. The van der Waals surface area contributed by atoms with Crippen molar-refractivity contribution in [3.05, 3.63) is 23.4 Å². The summed E-state index contributed by atoms with van der Waals surface area (Å²) < 4.78 is 5.60. The lowest BCUT2D eigenvalue weighted by Crippen LogP contribution is -2.09. The Balaban J connectivity index is 1.98. The van der Waals surface area contributed by atoms with E-state index in [1.54, 1.807) is 11.8 Å². The fraction of sp³-hybridized carbons (Fsp3) is 0.583. The van der Waals surface area contributed by atoms with E-state index in [9.17, 15) is 0 Å². The molecule has 0 aliphatic carbocycles. The van der Waals surface area contributed by atoms with E-state index >= 15 is 0 Å². The van der Waals surface area contributed by atoms with Crippen LogP contribution in [0.3, 0.4) is 0 Å². The van der Waals surface area contributed by atoms with Crippen LogP contribution in [-0.2, 0) is 11.3 Å². The molecule has 0 saturated carbocycles. The number of aromatic nitrogens is 1. The Bertz CT molecular complexity index is 351. The molecule has 1 aliphatic rings. The molecule has 16 heavy (non-hydrogen) atoms. The Morgan fingerprint density at radius 2 is 2.44 bits per heavy atom. The number of nitrogens with zero attached hydrogens (tertiary/aromatic N) is 1. The molecule has 0 aromatic carbocycles. The molecule has 1 atom stereocenters. The first kappa shape index (κ1) is 11.9. The third-order valence-electron chi connectivity index (χ3n) is 2.73. The summed E-state index contributed by atoms with van der Waals surface area (Å²) in [6.07, 6.45) is 2.77. The molecule has 1 unspecified atom stereocenters. The molecule has 3 nitrogen and oxygen atoms in total. The van der Waals surface area contributed by atoms with Crippen LogP contribution in [-0.4, -0.2) is 23.4 Å². The zero-order valence-corrected chi connectivity index (χ0v) is 10.4. The summed E-state index contributed by atoms with van der Waals surface area (Å²) in [5, 5.41) is 1.07. The fourth-order valence-corrected chi connectivity index (χ4v) is 2.94. The van der Waals surface area contributed by atoms with Crippen LogP contribution < -0.4 is 5.73 Å². The van der Waals surface area contributed by atoms with E-state index in [1.807, 2.05) is 13.0 Å². The predicted octanol–water partition coefficient (Wildman–Crippen LogP) is 2.12. The Morgan fingerprint density at radius 3 is 3.12 bits per heavy atom. The highest BCUT2D eigenvalue weighted by atomic mass is 32.2. The highest BCUT2D eigenvalue weighted by molar-refractivity contribution is 7.99. The van der Waals surface area contributed by atoms with Crippen LogP contribution >= 0.6 is 11.8 Å². The minimum atomic E-state index is 0.401. The summed E-state index contributed by atoms with van der Waals surface area (Å²) in [5.74, 6) is 0.990. The van der Waals surface area contributed by atoms with Gasteiger partial charge >= 0.3 is 0 Å². The van der Waals surface area contributed by atoms with Crippen molar-refractivity contribution in [3.8, 4) is 0 Å². The van der Waals surface area contributed by atoms with E-state index in [4.69, 9.17) is 10.5 Å². The van der Waals surface area contributed by atoms with Gasteiger partial charge in [-0.05, 0) is 31.4 Å². The topological polar surface area (TPSA) is 48.1 Å². The smallest absolute Gasteiger partial charge is 0.101 e. The number of rotatable bonds is 4. The maximum Gasteiger partial charge on any atom is 0.101 e. The molecule has 1 aromatic rings. The van der Waals surface area contributed by atoms with E-state index in [-0.39, 0.29) is 0 Å². The summed E-state index contributed by atoms with van der Waals surface area (Å²) >= 11 is 1.77. The highest BCUT2D eigenvalue weighted by Gasteiger charge is 2.16. The number of hydrogen-bond donors (Lipinski definition) is 1. The van der Waals surface area contributed by atoms with E-state index in [0.717, 1.165) is 28.6 Å². The third-order valence-corrected chi connectivity index (χ3v) is 3.89. The second-order valence-electron chi connectivity index (χ2n) is 4.07. The molecule has 4 heteroatoms. The standard InChI is InChI=1S/C12H18N2OS/c1-9-4-5-10(7-13)12(14-9)16-8-11-3-2-6-15-11/h4-5,11H,2-3,6-8,13H2,1H3. The first-order valence-electron chi connectivity index (χ1n) is 5.70. The van der Waals surface area contributed by atoms with Gasteiger partial charge in [-0.2, -0.15) is 0 Å². The van der Waals surface area contributed by atoms with Crippen LogP contribution in [0.25, 0.3) is 0 Å². The zero-order chi connectivity index (χ0) is 11.4. The Kier molecular flexibility index (Phi) is 4.21. The summed E-state index contributed by atoms with van der Waals surface area (Å²) in [4.78, 5) is 4.53. The lowest BCUT2D eigenvalue weighted by atomic mass is 10.2. The summed E-state index contributed by atoms with van der Waals surface area (Å²) in [7, 11) is 0. The van der Waals surface area contributed by atoms with Gasteiger partial charge in [-0.1, -0.05) is 6.07 Å². The maximum absolute atomic E-state index is 5.70. The van der Waals surface area contributed by atoms with Crippen molar-refractivity contribution in [1.29, 1.82) is 0 Å².